The van der Waals surface area contributed by atoms with Gasteiger partial charge in [-0.3, -0.25) is 4.90 Å². The van der Waals surface area contributed by atoms with Gasteiger partial charge in [0.25, 0.3) is 0 Å². The Bertz CT molecular complexity index is 783. The predicted octanol–water partition coefficient (Wildman–Crippen LogP) is 3.18. The number of morpholine rings is 1. The first-order chi connectivity index (χ1) is 11.8. The minimum Gasteiger partial charge on any atom is -0.467 e. The van der Waals surface area contributed by atoms with Crippen LogP contribution in [-0.2, 0) is 11.3 Å². The van der Waals surface area contributed by atoms with Crippen molar-refractivity contribution in [2.45, 2.75) is 12.6 Å². The molecule has 1 fully saturated rings. The van der Waals surface area contributed by atoms with Crippen molar-refractivity contribution in [3.63, 3.8) is 0 Å². The zero-order valence-corrected chi connectivity index (χ0v) is 13.1. The first kappa shape index (κ1) is 15.1. The van der Waals surface area contributed by atoms with Crippen LogP contribution >= 0.6 is 0 Å². The Kier molecular flexibility index (Phi) is 4.15. The number of nitrogens with zero attached hydrogens (tertiary/aromatic N) is 3. The van der Waals surface area contributed by atoms with E-state index < -0.39 is 0 Å². The van der Waals surface area contributed by atoms with Crippen molar-refractivity contribution in [2.24, 2.45) is 0 Å². The second-order valence-electron chi connectivity index (χ2n) is 5.88. The maximum absolute atomic E-state index is 13.0. The molecule has 1 aliphatic heterocycles. The molecule has 0 amide bonds. The van der Waals surface area contributed by atoms with Crippen LogP contribution in [0.1, 0.15) is 17.4 Å². The van der Waals surface area contributed by atoms with Crippen molar-refractivity contribution in [2.75, 3.05) is 19.7 Å². The van der Waals surface area contributed by atoms with Crippen LogP contribution in [0.25, 0.3) is 5.69 Å². The molecule has 3 heterocycles. The fraction of sp³-hybridized carbons (Fsp3) is 0.278. The van der Waals surface area contributed by atoms with Crippen LogP contribution in [0.15, 0.2) is 59.5 Å². The van der Waals surface area contributed by atoms with Crippen molar-refractivity contribution in [1.29, 1.82) is 0 Å². The van der Waals surface area contributed by atoms with Gasteiger partial charge in [-0.25, -0.2) is 9.07 Å². The van der Waals surface area contributed by atoms with Gasteiger partial charge < -0.3 is 9.15 Å². The summed E-state index contributed by atoms with van der Waals surface area (Å²) in [5.74, 6) is 0.616. The lowest BCUT2D eigenvalue weighted by Gasteiger charge is -2.31. The van der Waals surface area contributed by atoms with Crippen molar-refractivity contribution >= 4 is 0 Å². The summed E-state index contributed by atoms with van der Waals surface area (Å²) >= 11 is 0. The fourth-order valence-corrected chi connectivity index (χ4v) is 2.93. The molecule has 1 saturated heterocycles. The average molecular weight is 327 g/mol. The molecule has 5 nitrogen and oxygen atoms in total. The van der Waals surface area contributed by atoms with Gasteiger partial charge in [0, 0.05) is 31.4 Å². The Balaban J connectivity index is 1.43. The molecule has 0 bridgehead atoms. The molecular formula is C18H18FN3O2. The third-order valence-electron chi connectivity index (χ3n) is 4.14. The summed E-state index contributed by atoms with van der Waals surface area (Å²) in [5, 5.41) is 4.37. The fourth-order valence-electron chi connectivity index (χ4n) is 2.93. The molecule has 1 aliphatic rings. The van der Waals surface area contributed by atoms with Gasteiger partial charge in [-0.15, -0.1) is 0 Å². The van der Waals surface area contributed by atoms with E-state index in [0.29, 0.717) is 6.61 Å². The summed E-state index contributed by atoms with van der Waals surface area (Å²) in [6.07, 6.45) is 5.47. The number of hydrogen-bond donors (Lipinski definition) is 0. The molecule has 0 aliphatic carbocycles. The van der Waals surface area contributed by atoms with Gasteiger partial charge in [-0.1, -0.05) is 0 Å². The molecule has 24 heavy (non-hydrogen) atoms. The number of aromatic nitrogens is 2. The maximum Gasteiger partial charge on any atom is 0.133 e. The lowest BCUT2D eigenvalue weighted by Crippen LogP contribution is -2.37. The van der Waals surface area contributed by atoms with Crippen LogP contribution in [0, 0.1) is 5.82 Å². The molecular weight excluding hydrogens is 309 g/mol. The Labute approximate surface area is 139 Å². The van der Waals surface area contributed by atoms with Gasteiger partial charge in [-0.05, 0) is 36.4 Å². The Morgan fingerprint density at radius 2 is 2.08 bits per heavy atom. The SMILES string of the molecule is Fc1ccc(-n2cc(CN3CCO[C@@H](c4ccco4)C3)cn2)cc1. The molecule has 124 valence electrons. The summed E-state index contributed by atoms with van der Waals surface area (Å²) in [4.78, 5) is 2.32. The number of ether oxygens (including phenoxy) is 1. The predicted molar refractivity (Wildman–Crippen MR) is 86.2 cm³/mol. The maximum atomic E-state index is 13.0. The summed E-state index contributed by atoms with van der Waals surface area (Å²) in [6.45, 7) is 3.13. The highest BCUT2D eigenvalue weighted by molar-refractivity contribution is 5.31. The topological polar surface area (TPSA) is 43.4 Å². The highest BCUT2D eigenvalue weighted by Crippen LogP contribution is 2.23. The molecule has 2 aromatic heterocycles. The molecule has 0 N–H and O–H groups in total. The smallest absolute Gasteiger partial charge is 0.133 e. The van der Waals surface area contributed by atoms with Crippen LogP contribution in [0.4, 0.5) is 4.39 Å². The molecule has 6 heteroatoms. The van der Waals surface area contributed by atoms with Crippen LogP contribution < -0.4 is 0 Å². The Morgan fingerprint density at radius 1 is 1.21 bits per heavy atom. The summed E-state index contributed by atoms with van der Waals surface area (Å²) in [7, 11) is 0. The number of hydrogen-bond acceptors (Lipinski definition) is 4. The van der Waals surface area contributed by atoms with Crippen molar-refractivity contribution in [3.8, 4) is 5.69 Å². The van der Waals surface area contributed by atoms with E-state index in [9.17, 15) is 4.39 Å². The monoisotopic (exact) mass is 327 g/mol. The Morgan fingerprint density at radius 3 is 2.88 bits per heavy atom. The first-order valence-corrected chi connectivity index (χ1v) is 7.95. The van der Waals surface area contributed by atoms with Crippen molar-refractivity contribution in [3.05, 3.63) is 72.2 Å². The van der Waals surface area contributed by atoms with E-state index in [1.165, 1.54) is 12.1 Å². The van der Waals surface area contributed by atoms with Gasteiger partial charge in [0.05, 0.1) is 24.8 Å². The van der Waals surface area contributed by atoms with Crippen molar-refractivity contribution in [1.82, 2.24) is 14.7 Å². The number of halogens is 1. The van der Waals surface area contributed by atoms with E-state index in [-0.39, 0.29) is 11.9 Å². The number of benzene rings is 1. The molecule has 1 aromatic carbocycles. The quantitative estimate of drug-likeness (QED) is 0.738. The third kappa shape index (κ3) is 3.25. The zero-order chi connectivity index (χ0) is 16.4. The second-order valence-corrected chi connectivity index (χ2v) is 5.88. The van der Waals surface area contributed by atoms with Crippen LogP contribution in [0.5, 0.6) is 0 Å². The van der Waals surface area contributed by atoms with E-state index in [1.807, 2.05) is 24.5 Å². The van der Waals surface area contributed by atoms with Crippen LogP contribution in [0.3, 0.4) is 0 Å². The third-order valence-corrected chi connectivity index (χ3v) is 4.14. The van der Waals surface area contributed by atoms with E-state index in [2.05, 4.69) is 10.00 Å². The lowest BCUT2D eigenvalue weighted by atomic mass is 10.2. The van der Waals surface area contributed by atoms with E-state index in [4.69, 9.17) is 9.15 Å². The molecule has 0 unspecified atom stereocenters. The largest absolute Gasteiger partial charge is 0.467 e. The van der Waals surface area contributed by atoms with E-state index in [0.717, 1.165) is 36.6 Å². The summed E-state index contributed by atoms with van der Waals surface area (Å²) in [5.41, 5.74) is 1.96. The molecule has 0 spiro atoms. The first-order valence-electron chi connectivity index (χ1n) is 7.95. The van der Waals surface area contributed by atoms with Crippen LogP contribution in [-0.4, -0.2) is 34.4 Å². The zero-order valence-electron chi connectivity index (χ0n) is 13.1. The normalized spacial score (nSPS) is 18.8. The summed E-state index contributed by atoms with van der Waals surface area (Å²) < 4.78 is 26.0. The molecule has 4 rings (SSSR count). The van der Waals surface area contributed by atoms with Gasteiger partial charge in [0.15, 0.2) is 0 Å². The van der Waals surface area contributed by atoms with E-state index in [1.54, 1.807) is 23.1 Å². The minimum absolute atomic E-state index is 0.0270. The number of rotatable bonds is 4. The van der Waals surface area contributed by atoms with Gasteiger partial charge in [-0.2, -0.15) is 5.10 Å². The highest BCUT2D eigenvalue weighted by atomic mass is 19.1. The molecule has 3 aromatic rings. The van der Waals surface area contributed by atoms with Crippen LogP contribution in [0.2, 0.25) is 0 Å². The number of furan rings is 1. The highest BCUT2D eigenvalue weighted by Gasteiger charge is 2.24. The Hall–Kier alpha value is -2.44. The molecule has 1 atom stereocenters. The second kappa shape index (κ2) is 6.59. The molecule has 0 saturated carbocycles. The molecule has 0 radical (unpaired) electrons. The van der Waals surface area contributed by atoms with E-state index >= 15 is 0 Å². The minimum atomic E-state index is -0.247. The standard InChI is InChI=1S/C18H18FN3O2/c19-15-3-5-16(6-4-15)22-12-14(10-20-22)11-21-7-9-24-18(13-21)17-2-1-8-23-17/h1-6,8,10,12,18H,7,9,11,13H2/t18-/m1/s1. The van der Waals surface area contributed by atoms with Gasteiger partial charge in [0.1, 0.15) is 17.7 Å². The average Bonchev–Trinajstić information content (AvgIpc) is 3.28. The van der Waals surface area contributed by atoms with Gasteiger partial charge >= 0.3 is 0 Å². The summed E-state index contributed by atoms with van der Waals surface area (Å²) in [6, 6.07) is 10.1. The van der Waals surface area contributed by atoms with Gasteiger partial charge in [0.2, 0.25) is 0 Å². The van der Waals surface area contributed by atoms with Crippen molar-refractivity contribution < 1.29 is 13.5 Å². The lowest BCUT2D eigenvalue weighted by molar-refractivity contribution is -0.0427.